The fourth-order valence-electron chi connectivity index (χ4n) is 9.36. The predicted octanol–water partition coefficient (Wildman–Crippen LogP) is 14.1. The summed E-state index contributed by atoms with van der Waals surface area (Å²) >= 11 is 1.76. The molecule has 0 fully saturated rings. The van der Waals surface area contributed by atoms with Crippen molar-refractivity contribution in [2.45, 2.75) is 0 Å². The molecule has 0 unspecified atom stereocenters. The van der Waals surface area contributed by atoms with E-state index in [1.807, 2.05) is 0 Å². The third-order valence-electron chi connectivity index (χ3n) is 11.9. The van der Waals surface area contributed by atoms with Gasteiger partial charge in [-0.05, 0) is 71.8 Å². The molecule has 5 heterocycles. The van der Waals surface area contributed by atoms with Gasteiger partial charge in [0.2, 0.25) is 0 Å². The first-order valence-electron chi connectivity index (χ1n) is 19.3. The molecule has 0 N–H and O–H groups in total. The molecule has 0 aliphatic heterocycles. The molecule has 5 aromatic heterocycles. The molecule has 264 valence electrons. The van der Waals surface area contributed by atoms with Crippen molar-refractivity contribution in [2.24, 2.45) is 0 Å². The van der Waals surface area contributed by atoms with Gasteiger partial charge in [-0.15, -0.1) is 11.3 Å². The lowest BCUT2D eigenvalue weighted by Crippen LogP contribution is -1.96. The second-order valence-electron chi connectivity index (χ2n) is 14.9. The van der Waals surface area contributed by atoms with E-state index in [4.69, 9.17) is 9.97 Å². The maximum Gasteiger partial charge on any atom is 0.160 e. The maximum atomic E-state index is 5.26. The topological polar surface area (TPSA) is 35.1 Å². The summed E-state index contributed by atoms with van der Waals surface area (Å²) in [6.45, 7) is 0. The predicted molar refractivity (Wildman–Crippen MR) is 240 cm³/mol. The number of benzene rings is 8. The van der Waals surface area contributed by atoms with E-state index in [2.05, 4.69) is 191 Å². The van der Waals surface area contributed by atoms with Crippen LogP contribution in [0.1, 0.15) is 0 Å². The number of fused-ring (bicyclic) bond motifs is 13. The summed E-state index contributed by atoms with van der Waals surface area (Å²) in [5.41, 5.74) is 13.7. The fraction of sp³-hybridized carbons (Fsp3) is 0. The van der Waals surface area contributed by atoms with Crippen molar-refractivity contribution < 1.29 is 0 Å². The van der Waals surface area contributed by atoms with Gasteiger partial charge >= 0.3 is 0 Å². The second kappa shape index (κ2) is 11.6. The van der Waals surface area contributed by atoms with Crippen LogP contribution in [0.25, 0.3) is 120 Å². The molecule has 5 heteroatoms. The molecule has 8 aromatic carbocycles. The van der Waals surface area contributed by atoms with E-state index in [1.165, 1.54) is 81.1 Å². The Morgan fingerprint density at radius 1 is 0.404 bits per heavy atom. The third kappa shape index (κ3) is 4.32. The van der Waals surface area contributed by atoms with Crippen LogP contribution in [0.3, 0.4) is 0 Å². The van der Waals surface area contributed by atoms with Crippen molar-refractivity contribution in [3.8, 4) is 39.5 Å². The SMILES string of the molecule is c1ccc(-c2ccc3c(c2)c2cc4c5ccccc5n(-c5ccc(-c6nc(-c7ccccc7)c7sc8ccccc8c7n6)cc5)c4c4c5ccccc5n3c24)cc1. The Morgan fingerprint density at radius 2 is 1.04 bits per heavy atom. The van der Waals surface area contributed by atoms with Crippen LogP contribution in [0.2, 0.25) is 0 Å². The average Bonchev–Trinajstić information content (AvgIpc) is 4.02. The zero-order chi connectivity index (χ0) is 37.2. The Morgan fingerprint density at radius 3 is 1.84 bits per heavy atom. The third-order valence-corrected chi connectivity index (χ3v) is 13.0. The smallest absolute Gasteiger partial charge is 0.160 e. The fourth-order valence-corrected chi connectivity index (χ4v) is 10.5. The largest absolute Gasteiger partial charge is 0.309 e. The number of hydrogen-bond donors (Lipinski definition) is 0. The first-order valence-corrected chi connectivity index (χ1v) is 20.2. The van der Waals surface area contributed by atoms with Gasteiger partial charge in [0, 0.05) is 59.2 Å². The summed E-state index contributed by atoms with van der Waals surface area (Å²) in [5, 5.41) is 8.75. The summed E-state index contributed by atoms with van der Waals surface area (Å²) in [5.74, 6) is 0.729. The number of para-hydroxylation sites is 2. The summed E-state index contributed by atoms with van der Waals surface area (Å²) in [6, 6.07) is 65.7. The summed E-state index contributed by atoms with van der Waals surface area (Å²) < 4.78 is 7.29. The van der Waals surface area contributed by atoms with Gasteiger partial charge in [-0.3, -0.25) is 0 Å². The van der Waals surface area contributed by atoms with Crippen molar-refractivity contribution >= 4 is 91.5 Å². The number of thiophene rings is 1. The molecule has 0 saturated carbocycles. The van der Waals surface area contributed by atoms with E-state index in [1.54, 1.807) is 11.3 Å². The summed E-state index contributed by atoms with van der Waals surface area (Å²) in [6.07, 6.45) is 0. The molecule has 0 aliphatic carbocycles. The monoisotopic (exact) mass is 742 g/mol. The molecule has 0 aliphatic rings. The van der Waals surface area contributed by atoms with Crippen molar-refractivity contribution in [1.29, 1.82) is 0 Å². The second-order valence-corrected chi connectivity index (χ2v) is 16.0. The van der Waals surface area contributed by atoms with E-state index in [9.17, 15) is 0 Å². The minimum absolute atomic E-state index is 0.729. The maximum absolute atomic E-state index is 5.26. The average molecular weight is 743 g/mol. The lowest BCUT2D eigenvalue weighted by atomic mass is 10.00. The number of nitrogens with zero attached hydrogens (tertiary/aromatic N) is 4. The molecule has 0 amide bonds. The highest BCUT2D eigenvalue weighted by Crippen LogP contribution is 2.47. The lowest BCUT2D eigenvalue weighted by molar-refractivity contribution is 1.18. The van der Waals surface area contributed by atoms with Gasteiger partial charge in [0.15, 0.2) is 5.82 Å². The van der Waals surface area contributed by atoms with Gasteiger partial charge in [-0.2, -0.15) is 0 Å². The van der Waals surface area contributed by atoms with Gasteiger partial charge in [-0.25, -0.2) is 9.97 Å². The van der Waals surface area contributed by atoms with E-state index in [0.29, 0.717) is 0 Å². The molecule has 0 saturated heterocycles. The highest BCUT2D eigenvalue weighted by Gasteiger charge is 2.25. The van der Waals surface area contributed by atoms with Gasteiger partial charge in [0.05, 0.1) is 43.5 Å². The number of aromatic nitrogens is 4. The molecule has 0 bridgehead atoms. The van der Waals surface area contributed by atoms with Crippen LogP contribution in [0, 0.1) is 0 Å². The standard InChI is InChI=1S/C52H30N4S/c1-3-13-31(14-4-1)34-25-28-44-39(29-34)41-30-40-36-17-7-10-20-42(36)55(49(40)46-37-18-8-11-21-43(37)56(44)50(41)46)35-26-23-33(24-27-35)52-53-47(32-15-5-2-6-16-32)51-48(54-52)38-19-9-12-22-45(38)57-51/h1-30H. The van der Waals surface area contributed by atoms with Gasteiger partial charge in [0.1, 0.15) is 0 Å². The zero-order valence-electron chi connectivity index (χ0n) is 30.5. The first-order chi connectivity index (χ1) is 28.3. The molecule has 57 heavy (non-hydrogen) atoms. The highest BCUT2D eigenvalue weighted by molar-refractivity contribution is 7.26. The highest BCUT2D eigenvalue weighted by atomic mass is 32.1. The molecule has 0 radical (unpaired) electrons. The number of hydrogen-bond acceptors (Lipinski definition) is 3. The minimum atomic E-state index is 0.729. The Hall–Kier alpha value is -7.34. The van der Waals surface area contributed by atoms with Crippen molar-refractivity contribution in [1.82, 2.24) is 18.9 Å². The molecular formula is C52H30N4S. The first kappa shape index (κ1) is 30.9. The Kier molecular flexibility index (Phi) is 6.29. The molecule has 13 rings (SSSR count). The zero-order valence-corrected chi connectivity index (χ0v) is 31.3. The Labute approximate surface area is 330 Å². The van der Waals surface area contributed by atoms with Crippen LogP contribution in [-0.2, 0) is 0 Å². The van der Waals surface area contributed by atoms with E-state index >= 15 is 0 Å². The number of rotatable bonds is 4. The van der Waals surface area contributed by atoms with Crippen LogP contribution in [0.5, 0.6) is 0 Å². The van der Waals surface area contributed by atoms with Crippen LogP contribution >= 0.6 is 11.3 Å². The Balaban J connectivity index is 1.06. The van der Waals surface area contributed by atoms with Crippen LogP contribution in [0.15, 0.2) is 182 Å². The summed E-state index contributed by atoms with van der Waals surface area (Å²) in [7, 11) is 0. The van der Waals surface area contributed by atoms with Gasteiger partial charge < -0.3 is 8.97 Å². The lowest BCUT2D eigenvalue weighted by Gasteiger charge is -2.11. The van der Waals surface area contributed by atoms with Crippen molar-refractivity contribution in [3.05, 3.63) is 182 Å². The van der Waals surface area contributed by atoms with Crippen LogP contribution in [-0.4, -0.2) is 18.9 Å². The molecule has 4 nitrogen and oxygen atoms in total. The van der Waals surface area contributed by atoms with Crippen LogP contribution < -0.4 is 0 Å². The van der Waals surface area contributed by atoms with Crippen molar-refractivity contribution in [2.75, 3.05) is 0 Å². The molecule has 0 spiro atoms. The van der Waals surface area contributed by atoms with E-state index < -0.39 is 0 Å². The summed E-state index contributed by atoms with van der Waals surface area (Å²) in [4.78, 5) is 10.5. The normalized spacial score (nSPS) is 12.2. The van der Waals surface area contributed by atoms with E-state index in [0.717, 1.165) is 38.5 Å². The molecule has 0 atom stereocenters. The minimum Gasteiger partial charge on any atom is -0.309 e. The van der Waals surface area contributed by atoms with E-state index in [-0.39, 0.29) is 0 Å². The van der Waals surface area contributed by atoms with Crippen LogP contribution in [0.4, 0.5) is 0 Å². The molecule has 13 aromatic rings. The van der Waals surface area contributed by atoms with Gasteiger partial charge in [0.25, 0.3) is 0 Å². The van der Waals surface area contributed by atoms with Gasteiger partial charge in [-0.1, -0.05) is 121 Å². The molecular weight excluding hydrogens is 713 g/mol. The van der Waals surface area contributed by atoms with Crippen molar-refractivity contribution in [3.63, 3.8) is 0 Å². The Bertz CT molecular complexity index is 3730. The quantitative estimate of drug-likeness (QED) is 0.180.